The van der Waals surface area contributed by atoms with Crippen LogP contribution in [0.3, 0.4) is 0 Å². The molecule has 0 bridgehead atoms. The number of hydrogen-bond donors (Lipinski definition) is 0. The molecule has 0 aromatic heterocycles. The molecule has 1 rings (SSSR count). The van der Waals surface area contributed by atoms with Crippen LogP contribution in [-0.2, 0) is 4.74 Å². The van der Waals surface area contributed by atoms with E-state index in [-0.39, 0.29) is 6.09 Å². The number of likely N-dealkylation sites (tertiary alicyclic amines) is 1. The summed E-state index contributed by atoms with van der Waals surface area (Å²) in [6.07, 6.45) is 4.09. The van der Waals surface area contributed by atoms with Crippen molar-refractivity contribution in [3.63, 3.8) is 0 Å². The van der Waals surface area contributed by atoms with Crippen molar-refractivity contribution >= 4 is 17.9 Å². The van der Waals surface area contributed by atoms with Gasteiger partial charge in [-0.2, -0.15) is 11.8 Å². The molecule has 1 heterocycles. The summed E-state index contributed by atoms with van der Waals surface area (Å²) in [6, 6.07) is 0. The van der Waals surface area contributed by atoms with E-state index in [2.05, 4.69) is 6.92 Å². The molecule has 1 aliphatic heterocycles. The number of thioether (sulfide) groups is 1. The van der Waals surface area contributed by atoms with E-state index in [1.165, 1.54) is 0 Å². The summed E-state index contributed by atoms with van der Waals surface area (Å²) in [6.45, 7) is 4.49. The maximum absolute atomic E-state index is 11.5. The van der Waals surface area contributed by atoms with Crippen LogP contribution in [0.25, 0.3) is 0 Å². The monoisotopic (exact) mass is 217 g/mol. The molecule has 0 aromatic carbocycles. The van der Waals surface area contributed by atoms with Crippen LogP contribution in [0.15, 0.2) is 0 Å². The second kappa shape index (κ2) is 6.17. The molecule has 0 spiro atoms. The topological polar surface area (TPSA) is 29.5 Å². The van der Waals surface area contributed by atoms with Crippen molar-refractivity contribution in [1.29, 1.82) is 0 Å². The van der Waals surface area contributed by atoms with Crippen LogP contribution in [-0.4, -0.2) is 42.7 Å². The molecule has 1 amide bonds. The van der Waals surface area contributed by atoms with Gasteiger partial charge in [0.1, 0.15) is 6.61 Å². The third-order valence-electron chi connectivity index (χ3n) is 2.55. The van der Waals surface area contributed by atoms with E-state index < -0.39 is 0 Å². The van der Waals surface area contributed by atoms with Crippen molar-refractivity contribution in [3.05, 3.63) is 0 Å². The van der Waals surface area contributed by atoms with Gasteiger partial charge in [-0.05, 0) is 25.0 Å². The highest BCUT2D eigenvalue weighted by molar-refractivity contribution is 7.98. The Morgan fingerprint density at radius 1 is 1.50 bits per heavy atom. The molecule has 4 heteroatoms. The zero-order valence-electron chi connectivity index (χ0n) is 8.99. The van der Waals surface area contributed by atoms with E-state index >= 15 is 0 Å². The van der Waals surface area contributed by atoms with Gasteiger partial charge < -0.3 is 9.64 Å². The minimum Gasteiger partial charge on any atom is -0.449 e. The second-order valence-electron chi connectivity index (χ2n) is 3.78. The van der Waals surface area contributed by atoms with Crippen LogP contribution >= 0.6 is 11.8 Å². The number of nitrogens with zero attached hydrogens (tertiary/aromatic N) is 1. The Labute approximate surface area is 90.2 Å². The van der Waals surface area contributed by atoms with E-state index in [0.29, 0.717) is 6.61 Å². The van der Waals surface area contributed by atoms with Gasteiger partial charge in [0.05, 0.1) is 0 Å². The highest BCUT2D eigenvalue weighted by Crippen LogP contribution is 2.16. The average Bonchev–Trinajstić information content (AvgIpc) is 2.19. The van der Waals surface area contributed by atoms with Crippen LogP contribution in [0.1, 0.15) is 19.8 Å². The minimum atomic E-state index is -0.133. The molecule has 0 saturated carbocycles. The lowest BCUT2D eigenvalue weighted by atomic mass is 10.00. The molecule has 82 valence electrons. The van der Waals surface area contributed by atoms with Gasteiger partial charge in [-0.25, -0.2) is 4.79 Å². The molecule has 0 radical (unpaired) electrons. The number of piperidine rings is 1. The predicted octanol–water partition coefficient (Wildman–Crippen LogP) is 2.22. The molecule has 3 nitrogen and oxygen atoms in total. The summed E-state index contributed by atoms with van der Waals surface area (Å²) in [5.74, 6) is 1.64. The molecule has 1 fully saturated rings. The van der Waals surface area contributed by atoms with Gasteiger partial charge in [0.2, 0.25) is 0 Å². The SMILES string of the molecule is CSCCOC(=O)N1CCC(C)CC1. The molecular formula is C10H19NO2S. The summed E-state index contributed by atoms with van der Waals surface area (Å²) in [5, 5.41) is 0. The summed E-state index contributed by atoms with van der Waals surface area (Å²) >= 11 is 1.69. The lowest BCUT2D eigenvalue weighted by Gasteiger charge is -2.29. The van der Waals surface area contributed by atoms with Crippen LogP contribution < -0.4 is 0 Å². The van der Waals surface area contributed by atoms with Gasteiger partial charge in [-0.1, -0.05) is 6.92 Å². The van der Waals surface area contributed by atoms with Crippen LogP contribution in [0.4, 0.5) is 4.79 Å². The summed E-state index contributed by atoms with van der Waals surface area (Å²) in [4.78, 5) is 13.3. The summed E-state index contributed by atoms with van der Waals surface area (Å²) in [7, 11) is 0. The average molecular weight is 217 g/mol. The Hall–Kier alpha value is -0.380. The van der Waals surface area contributed by atoms with Crippen LogP contribution in [0.2, 0.25) is 0 Å². The first-order valence-corrected chi connectivity index (χ1v) is 6.54. The zero-order chi connectivity index (χ0) is 10.4. The maximum Gasteiger partial charge on any atom is 0.409 e. The fourth-order valence-electron chi connectivity index (χ4n) is 1.49. The van der Waals surface area contributed by atoms with Gasteiger partial charge >= 0.3 is 6.09 Å². The molecule has 1 aliphatic rings. The fourth-order valence-corrected chi connectivity index (χ4v) is 1.74. The Morgan fingerprint density at radius 2 is 2.14 bits per heavy atom. The van der Waals surface area contributed by atoms with Crippen molar-refractivity contribution in [2.45, 2.75) is 19.8 Å². The third-order valence-corrected chi connectivity index (χ3v) is 3.13. The number of ether oxygens (including phenoxy) is 1. The Kier molecular flexibility index (Phi) is 5.15. The smallest absolute Gasteiger partial charge is 0.409 e. The van der Waals surface area contributed by atoms with Gasteiger partial charge in [0.25, 0.3) is 0 Å². The molecule has 0 N–H and O–H groups in total. The summed E-state index contributed by atoms with van der Waals surface area (Å²) in [5.41, 5.74) is 0. The van der Waals surface area contributed by atoms with Crippen molar-refractivity contribution in [1.82, 2.24) is 4.90 Å². The van der Waals surface area contributed by atoms with Crippen molar-refractivity contribution in [2.24, 2.45) is 5.92 Å². The van der Waals surface area contributed by atoms with Gasteiger partial charge in [-0.3, -0.25) is 0 Å². The molecular weight excluding hydrogens is 198 g/mol. The van der Waals surface area contributed by atoms with E-state index in [4.69, 9.17) is 4.74 Å². The molecule has 0 unspecified atom stereocenters. The number of carbonyl (C=O) groups excluding carboxylic acids is 1. The predicted molar refractivity (Wildman–Crippen MR) is 59.7 cm³/mol. The molecule has 0 atom stereocenters. The summed E-state index contributed by atoms with van der Waals surface area (Å²) < 4.78 is 5.12. The molecule has 0 aromatic rings. The van der Waals surface area contributed by atoms with E-state index in [9.17, 15) is 4.79 Å². The van der Waals surface area contributed by atoms with Gasteiger partial charge in [0, 0.05) is 18.8 Å². The van der Waals surface area contributed by atoms with Crippen LogP contribution in [0, 0.1) is 5.92 Å². The lowest BCUT2D eigenvalue weighted by molar-refractivity contribution is 0.0942. The molecule has 14 heavy (non-hydrogen) atoms. The Bertz CT molecular complexity index is 179. The van der Waals surface area contributed by atoms with Crippen LogP contribution in [0.5, 0.6) is 0 Å². The zero-order valence-corrected chi connectivity index (χ0v) is 9.81. The first-order chi connectivity index (χ1) is 6.74. The number of carbonyl (C=O) groups is 1. The van der Waals surface area contributed by atoms with Gasteiger partial charge in [-0.15, -0.1) is 0 Å². The number of hydrogen-bond acceptors (Lipinski definition) is 3. The van der Waals surface area contributed by atoms with Crippen molar-refractivity contribution in [3.8, 4) is 0 Å². The largest absolute Gasteiger partial charge is 0.449 e. The normalized spacial score (nSPS) is 18.3. The number of rotatable bonds is 3. The fraction of sp³-hybridized carbons (Fsp3) is 0.900. The lowest BCUT2D eigenvalue weighted by Crippen LogP contribution is -2.38. The Balaban J connectivity index is 2.17. The molecule has 1 saturated heterocycles. The molecule has 0 aliphatic carbocycles. The Morgan fingerprint density at radius 3 is 2.71 bits per heavy atom. The highest BCUT2D eigenvalue weighted by atomic mass is 32.2. The van der Waals surface area contributed by atoms with Crippen molar-refractivity contribution in [2.75, 3.05) is 31.7 Å². The first-order valence-electron chi connectivity index (χ1n) is 5.14. The van der Waals surface area contributed by atoms with E-state index in [1.807, 2.05) is 11.2 Å². The standard InChI is InChI=1S/C10H19NO2S/c1-9-3-5-11(6-4-9)10(12)13-7-8-14-2/h9H,3-8H2,1-2H3. The van der Waals surface area contributed by atoms with Crippen molar-refractivity contribution < 1.29 is 9.53 Å². The first kappa shape index (κ1) is 11.7. The van der Waals surface area contributed by atoms with E-state index in [1.54, 1.807) is 11.8 Å². The highest BCUT2D eigenvalue weighted by Gasteiger charge is 2.20. The minimum absolute atomic E-state index is 0.133. The second-order valence-corrected chi connectivity index (χ2v) is 4.76. The number of amides is 1. The maximum atomic E-state index is 11.5. The quantitative estimate of drug-likeness (QED) is 0.679. The van der Waals surface area contributed by atoms with Gasteiger partial charge in [0.15, 0.2) is 0 Å². The van der Waals surface area contributed by atoms with E-state index in [0.717, 1.165) is 37.6 Å². The third kappa shape index (κ3) is 3.78.